The van der Waals surface area contributed by atoms with Gasteiger partial charge in [-0.15, -0.1) is 0 Å². The highest BCUT2D eigenvalue weighted by molar-refractivity contribution is 7.81. The van der Waals surface area contributed by atoms with E-state index in [1.165, 1.54) is 6.92 Å². The molecule has 0 aromatic heterocycles. The molecule has 0 spiro atoms. The van der Waals surface area contributed by atoms with Gasteiger partial charge in [-0.25, -0.2) is 8.37 Å². The number of carbonyl (C=O) groups excluding carboxylic acids is 6. The molecule has 0 radical (unpaired) electrons. The van der Waals surface area contributed by atoms with Crippen LogP contribution >= 0.6 is 0 Å². The fraction of sp³-hybridized carbons (Fsp3) is 0.917. The smallest absolute Gasteiger partial charge is 0.394 e. The Balaban J connectivity index is 0.998. The normalized spacial score (nSPS) is 45.9. The zero-order chi connectivity index (χ0) is 101. The van der Waals surface area contributed by atoms with Crippen LogP contribution in [-0.4, -0.2) is 545 Å². The zero-order valence-electron chi connectivity index (χ0n) is 72.9. The highest BCUT2D eigenvalue weighted by atomic mass is 32.3. The van der Waals surface area contributed by atoms with E-state index in [2.05, 4.69) is 40.3 Å². The van der Waals surface area contributed by atoms with Crippen molar-refractivity contribution in [3.63, 3.8) is 0 Å². The molecular weight excluding hydrogens is 1910 g/mol. The van der Waals surface area contributed by atoms with Crippen LogP contribution in [0.15, 0.2) is 0 Å². The van der Waals surface area contributed by atoms with Crippen LogP contribution in [0.3, 0.4) is 0 Å². The van der Waals surface area contributed by atoms with Crippen LogP contribution in [0, 0.1) is 0 Å². The van der Waals surface area contributed by atoms with Crippen LogP contribution in [-0.2, 0) is 148 Å². The summed E-state index contributed by atoms with van der Waals surface area (Å²) in [5.74, 6) is -5.95. The summed E-state index contributed by atoms with van der Waals surface area (Å²) in [7, 11) is -10.9. The quantitative estimate of drug-likeness (QED) is 0.0257. The van der Waals surface area contributed by atoms with Gasteiger partial charge in [0.1, 0.15) is 238 Å². The topological polar surface area (TPSA) is 942 Å². The third-order valence-corrected chi connectivity index (χ3v) is 24.6. The fourth-order valence-electron chi connectivity index (χ4n) is 17.1. The lowest BCUT2D eigenvalue weighted by Crippen LogP contribution is -2.71. The first kappa shape index (κ1) is 113. The predicted molar refractivity (Wildman–Crippen MR) is 419 cm³/mol. The fourth-order valence-corrected chi connectivity index (χ4v) is 18.1. The van der Waals surface area contributed by atoms with Crippen LogP contribution in [0.25, 0.3) is 0 Å². The minimum Gasteiger partial charge on any atom is -0.394 e. The number of aliphatic hydroxyl groups is 23. The molecule has 10 aliphatic heterocycles. The summed E-state index contributed by atoms with van der Waals surface area (Å²) in [5, 5.41) is 277. The van der Waals surface area contributed by atoms with Crippen LogP contribution < -0.4 is 31.9 Å². The number of rotatable bonds is 37. The van der Waals surface area contributed by atoms with Crippen molar-refractivity contribution in [2.45, 2.75) is 355 Å². The highest BCUT2D eigenvalue weighted by Crippen LogP contribution is 2.41. The van der Waals surface area contributed by atoms with Crippen LogP contribution in [0.2, 0.25) is 0 Å². The molecule has 64 heteroatoms. The molecule has 0 aromatic rings. The maximum atomic E-state index is 13.3. The first-order chi connectivity index (χ1) is 63.8. The van der Waals surface area contributed by atoms with Gasteiger partial charge in [0.25, 0.3) is 0 Å². The van der Waals surface area contributed by atoms with Gasteiger partial charge in [-0.3, -0.25) is 37.9 Å². The Morgan fingerprint density at radius 1 is 0.243 bits per heavy atom. The van der Waals surface area contributed by atoms with E-state index in [1.54, 1.807) is 0 Å². The molecule has 10 heterocycles. The lowest BCUT2D eigenvalue weighted by Gasteiger charge is -2.51. The molecule has 10 rings (SSSR count). The summed E-state index contributed by atoms with van der Waals surface area (Å²) in [6.45, 7) is -4.28. The maximum Gasteiger partial charge on any atom is 0.397 e. The molecule has 6 amide bonds. The van der Waals surface area contributed by atoms with Crippen molar-refractivity contribution >= 4 is 56.2 Å². The standard InChI is InChI=1S/C72H120N6O56S2/c1-17-39(92)49(102)52(105)69(116-17)114-16-32-57(43(96)33(63(107)117-32)73-18(2)86)128-64-34(74-19(3)87)46(99)56(28(12-83)120-64)129-70-53(106)60(130-72-62(51(104)41(94)25(9-80)119-72)132-68-36(76-21(5)89)45(98)55(27(11-82)122-68)127-66-38(78-23(7)91)48(101)59(30(14-85)124-66)134-136(111,112)113)42(95)31(125-70)15-115-71-61(50(103)40(93)24(8-79)118-71)131-67-35(75-20(4)88)44(97)54(26(10-81)121-67)126-65-37(77-22(6)90)47(100)58(29(13-84)123-65)133-135(108,109)110/h17,24-72,79-85,92-107H,8-16H2,1-7H3,(H,73,86)(H,74,87)(H,75,88)(H,76,89)(H,77,90)(H,78,91)(H,108,109,110)(H,111,112,113)/t17-,24+,25+,26+,27+,28+,29+,30+,31+,32+,33+,34+,35+,36-,37+,38+,39+,40+,41+,42+,43+,44+,45+,46+,47+,48+,49+,50-,51-,52-,53-,54+,55+,56+,57+,58-,59-,60-,61-,62-,63+,64-,65-,66-,67-,68-,69+,70-,71-,72+/m0/s1. The summed E-state index contributed by atoms with van der Waals surface area (Å²) in [4.78, 5) is 77.3. The van der Waals surface area contributed by atoms with Gasteiger partial charge in [0.2, 0.25) is 35.4 Å². The molecule has 0 aliphatic carbocycles. The lowest BCUT2D eigenvalue weighted by molar-refractivity contribution is -0.398. The predicted octanol–water partition coefficient (Wildman–Crippen LogP) is -21.3. The monoisotopic (exact) mass is 2030 g/mol. The zero-order valence-corrected chi connectivity index (χ0v) is 74.5. The van der Waals surface area contributed by atoms with Crippen molar-refractivity contribution in [2.75, 3.05) is 59.5 Å². The van der Waals surface area contributed by atoms with E-state index in [-0.39, 0.29) is 0 Å². The summed E-state index contributed by atoms with van der Waals surface area (Å²) >= 11 is 0. The number of amides is 6. The van der Waals surface area contributed by atoms with Crippen LogP contribution in [0.5, 0.6) is 0 Å². The Bertz CT molecular complexity index is 4120. The molecule has 0 unspecified atom stereocenters. The second kappa shape index (κ2) is 48.5. The van der Waals surface area contributed by atoms with E-state index >= 15 is 0 Å². The van der Waals surface area contributed by atoms with Gasteiger partial charge in [0.05, 0.1) is 65.6 Å². The number of ether oxygens (including phenoxy) is 19. The Hall–Kier alpha value is -5.12. The SMILES string of the molecule is CC(=O)N[C@@H]1[C@H](O[C@@H]2[C@@H](O[C@@H]3[C@H](O)[C@H](O[C@H]4[C@H](O)[C@@H](NC(C)=O)[C@H](O[C@H]5[C@H](O)[C@@H](NC(C)=O)[C@H](O)O[C@@H]5CO[C@@H]5O[C@@H](C)[C@@H](O)[C@@H](O)[C@@H]5O)O[C@@H]4CO)O[C@H](CO[C@H]4O[C@H](CO)[C@@H](O)[C@H](O)[C@@H]4O[C@@H]4O[C@H](CO)[C@@H](O[C@@H]5O[C@H](CO)[C@H](OS(=O)(=O)O)[C@H](O)[C@H]5NC(C)=O)[C@H](O)[C@H]4NC(C)=O)[C@H]3O)O[C@H](CO)[C@@H](O)[C@@H]2O)O[C@H](CO)[C@@H](O[C@@H]2O[C@H](CO)[C@H](OS(=O)(=O)O)[C@H](O)[C@H]2NC(C)=O)[C@@H]1O. The van der Waals surface area contributed by atoms with E-state index < -0.39 is 422 Å². The molecule has 10 aliphatic rings. The third-order valence-electron chi connectivity index (χ3n) is 23.6. The summed E-state index contributed by atoms with van der Waals surface area (Å²) in [6, 6.07) is -12.0. The molecular formula is C72H120N6O56S2. The van der Waals surface area contributed by atoms with Gasteiger partial charge in [0, 0.05) is 41.5 Å². The van der Waals surface area contributed by atoms with Crippen molar-refractivity contribution < 1.29 is 271 Å². The first-order valence-corrected chi connectivity index (χ1v) is 45.0. The third kappa shape index (κ3) is 26.7. The van der Waals surface area contributed by atoms with Crippen molar-refractivity contribution in [1.82, 2.24) is 31.9 Å². The Morgan fingerprint density at radius 3 is 0.853 bits per heavy atom. The first-order valence-electron chi connectivity index (χ1n) is 42.3. The van der Waals surface area contributed by atoms with E-state index in [0.717, 1.165) is 41.5 Å². The average molecular weight is 2030 g/mol. The second-order valence-electron chi connectivity index (χ2n) is 33.5. The summed E-state index contributed by atoms with van der Waals surface area (Å²) in [5.41, 5.74) is 0. The van der Waals surface area contributed by atoms with Gasteiger partial charge in [-0.05, 0) is 6.92 Å². The van der Waals surface area contributed by atoms with Crippen molar-refractivity contribution in [2.24, 2.45) is 0 Å². The van der Waals surface area contributed by atoms with Gasteiger partial charge >= 0.3 is 20.8 Å². The van der Waals surface area contributed by atoms with E-state index in [1.807, 2.05) is 0 Å². The van der Waals surface area contributed by atoms with E-state index in [4.69, 9.17) is 90.0 Å². The van der Waals surface area contributed by atoms with E-state index in [0.29, 0.717) is 0 Å². The van der Waals surface area contributed by atoms with Crippen LogP contribution in [0.4, 0.5) is 0 Å². The average Bonchev–Trinajstić information content (AvgIpc) is 0.726. The summed E-state index contributed by atoms with van der Waals surface area (Å²) in [6.07, 6.45) is -96.0. The molecule has 0 saturated carbocycles. The van der Waals surface area contributed by atoms with Crippen molar-refractivity contribution in [3.05, 3.63) is 0 Å². The number of aliphatic hydroxyl groups excluding tert-OH is 23. The van der Waals surface area contributed by atoms with Crippen molar-refractivity contribution in [1.29, 1.82) is 0 Å². The number of carbonyl (C=O) groups is 6. The van der Waals surface area contributed by atoms with Gasteiger partial charge in [-0.2, -0.15) is 16.8 Å². The van der Waals surface area contributed by atoms with Gasteiger partial charge < -0.3 is 239 Å². The number of hydrogen-bond acceptors (Lipinski definition) is 54. The minimum absolute atomic E-state index is 0.865. The Morgan fingerprint density at radius 2 is 0.507 bits per heavy atom. The molecule has 62 nitrogen and oxygen atoms in total. The number of nitrogens with one attached hydrogen (secondary N) is 6. The highest BCUT2D eigenvalue weighted by Gasteiger charge is 2.63. The maximum absolute atomic E-state index is 13.3. The lowest BCUT2D eigenvalue weighted by atomic mass is 9.93. The van der Waals surface area contributed by atoms with Crippen LogP contribution in [0.1, 0.15) is 48.5 Å². The Kier molecular flexibility index (Phi) is 40.2. The molecule has 786 valence electrons. The summed E-state index contributed by atoms with van der Waals surface area (Å²) < 4.78 is 190. The Labute approximate surface area is 770 Å². The number of hydrogen-bond donors (Lipinski definition) is 31. The second-order valence-corrected chi connectivity index (χ2v) is 35.6. The molecule has 31 N–H and O–H groups in total. The largest absolute Gasteiger partial charge is 0.397 e. The molecule has 10 saturated heterocycles. The molecule has 136 heavy (non-hydrogen) atoms. The van der Waals surface area contributed by atoms with E-state index in [9.17, 15) is 172 Å². The van der Waals surface area contributed by atoms with Gasteiger partial charge in [0.15, 0.2) is 62.9 Å². The molecule has 10 fully saturated rings. The molecule has 0 bridgehead atoms. The van der Waals surface area contributed by atoms with Gasteiger partial charge in [-0.1, -0.05) is 0 Å². The minimum atomic E-state index is -5.47. The van der Waals surface area contributed by atoms with Crippen molar-refractivity contribution in [3.8, 4) is 0 Å². The molecule has 0 aromatic carbocycles. The molecule has 50 atom stereocenters.